The minimum absolute atomic E-state index is 0.00344. The van der Waals surface area contributed by atoms with E-state index in [1.54, 1.807) is 0 Å². The number of hydrogen-bond donors (Lipinski definition) is 0. The molecule has 1 amide bonds. The van der Waals surface area contributed by atoms with Crippen LogP contribution in [0.5, 0.6) is 5.75 Å². The van der Waals surface area contributed by atoms with Gasteiger partial charge in [0.2, 0.25) is 0 Å². The van der Waals surface area contributed by atoms with Gasteiger partial charge in [-0.25, -0.2) is 4.39 Å². The highest BCUT2D eigenvalue weighted by molar-refractivity contribution is 6.30. The molecule has 3 nitrogen and oxygen atoms in total. The SMILES string of the molecule is CC1CCCCN1C(=O)COc1ccc(F)c(Cl)c1. The van der Waals surface area contributed by atoms with Crippen LogP contribution in [0.15, 0.2) is 18.2 Å². The Labute approximate surface area is 117 Å². The topological polar surface area (TPSA) is 29.5 Å². The minimum atomic E-state index is -0.495. The zero-order valence-corrected chi connectivity index (χ0v) is 11.6. The van der Waals surface area contributed by atoms with Crippen molar-refractivity contribution in [1.82, 2.24) is 4.90 Å². The van der Waals surface area contributed by atoms with E-state index >= 15 is 0 Å². The number of halogens is 2. The molecule has 0 radical (unpaired) electrons. The molecule has 1 aromatic rings. The lowest BCUT2D eigenvalue weighted by Crippen LogP contribution is -2.44. The number of hydrogen-bond acceptors (Lipinski definition) is 2. The molecule has 0 bridgehead atoms. The number of piperidine rings is 1. The largest absolute Gasteiger partial charge is 0.484 e. The normalized spacial score (nSPS) is 19.3. The highest BCUT2D eigenvalue weighted by atomic mass is 35.5. The molecule has 0 aliphatic carbocycles. The Morgan fingerprint density at radius 3 is 3.00 bits per heavy atom. The summed E-state index contributed by atoms with van der Waals surface area (Å²) in [5.41, 5.74) is 0. The summed E-state index contributed by atoms with van der Waals surface area (Å²) in [7, 11) is 0. The third-order valence-electron chi connectivity index (χ3n) is 3.38. The molecule has 1 saturated heterocycles. The fourth-order valence-corrected chi connectivity index (χ4v) is 2.43. The van der Waals surface area contributed by atoms with Crippen LogP contribution in [0.2, 0.25) is 5.02 Å². The van der Waals surface area contributed by atoms with Crippen LogP contribution in [0, 0.1) is 5.82 Å². The first-order valence-corrected chi connectivity index (χ1v) is 6.83. The van der Waals surface area contributed by atoms with Crippen molar-refractivity contribution in [3.63, 3.8) is 0 Å². The van der Waals surface area contributed by atoms with Gasteiger partial charge >= 0.3 is 0 Å². The predicted octanol–water partition coefficient (Wildman–Crippen LogP) is 3.26. The fraction of sp³-hybridized carbons (Fsp3) is 0.500. The van der Waals surface area contributed by atoms with Gasteiger partial charge in [-0.3, -0.25) is 4.79 Å². The van der Waals surface area contributed by atoms with Gasteiger partial charge in [-0.15, -0.1) is 0 Å². The second-order valence-corrected chi connectivity index (χ2v) is 5.20. The maximum atomic E-state index is 13.0. The molecular weight excluding hydrogens is 269 g/mol. The molecule has 2 rings (SSSR count). The minimum Gasteiger partial charge on any atom is -0.484 e. The van der Waals surface area contributed by atoms with Gasteiger partial charge < -0.3 is 9.64 Å². The van der Waals surface area contributed by atoms with Crippen LogP contribution in [0.1, 0.15) is 26.2 Å². The summed E-state index contributed by atoms with van der Waals surface area (Å²) in [6.45, 7) is 2.80. The predicted molar refractivity (Wildman–Crippen MR) is 71.9 cm³/mol. The molecule has 19 heavy (non-hydrogen) atoms. The third-order valence-corrected chi connectivity index (χ3v) is 3.67. The van der Waals surface area contributed by atoms with E-state index in [9.17, 15) is 9.18 Å². The molecule has 104 valence electrons. The number of ether oxygens (including phenoxy) is 1. The molecule has 1 atom stereocenters. The Morgan fingerprint density at radius 1 is 1.53 bits per heavy atom. The van der Waals surface area contributed by atoms with Gasteiger partial charge in [0.15, 0.2) is 6.61 Å². The molecule has 1 heterocycles. The molecule has 5 heteroatoms. The number of amides is 1. The molecule has 0 saturated carbocycles. The summed E-state index contributed by atoms with van der Waals surface area (Å²) >= 11 is 5.65. The van der Waals surface area contributed by atoms with E-state index in [1.807, 2.05) is 11.8 Å². The summed E-state index contributed by atoms with van der Waals surface area (Å²) in [5.74, 6) is -0.123. The lowest BCUT2D eigenvalue weighted by molar-refractivity contribution is -0.136. The van der Waals surface area contributed by atoms with Gasteiger partial charge in [0.25, 0.3) is 5.91 Å². The number of likely N-dealkylation sites (tertiary alicyclic amines) is 1. The molecule has 0 spiro atoms. The summed E-state index contributed by atoms with van der Waals surface area (Å²) < 4.78 is 18.3. The number of benzene rings is 1. The zero-order valence-electron chi connectivity index (χ0n) is 10.9. The fourth-order valence-electron chi connectivity index (χ4n) is 2.26. The van der Waals surface area contributed by atoms with Crippen LogP contribution in [-0.4, -0.2) is 30.0 Å². The first-order chi connectivity index (χ1) is 9.08. The monoisotopic (exact) mass is 285 g/mol. The van der Waals surface area contributed by atoms with Crippen LogP contribution in [0.25, 0.3) is 0 Å². The van der Waals surface area contributed by atoms with E-state index in [2.05, 4.69) is 0 Å². The van der Waals surface area contributed by atoms with Crippen molar-refractivity contribution in [2.45, 2.75) is 32.2 Å². The Bertz CT molecular complexity index is 467. The highest BCUT2D eigenvalue weighted by Crippen LogP contribution is 2.21. The second kappa shape index (κ2) is 6.24. The van der Waals surface area contributed by atoms with Crippen LogP contribution in [0.3, 0.4) is 0 Å². The molecule has 1 aliphatic rings. The number of rotatable bonds is 3. The van der Waals surface area contributed by atoms with Crippen LogP contribution in [-0.2, 0) is 4.79 Å². The summed E-state index contributed by atoms with van der Waals surface area (Å²) in [6, 6.07) is 4.34. The van der Waals surface area contributed by atoms with Crippen molar-refractivity contribution in [2.75, 3.05) is 13.2 Å². The average molecular weight is 286 g/mol. The maximum Gasteiger partial charge on any atom is 0.260 e. The van der Waals surface area contributed by atoms with Crippen LogP contribution < -0.4 is 4.74 Å². The van der Waals surface area contributed by atoms with Gasteiger partial charge in [0, 0.05) is 18.7 Å². The van der Waals surface area contributed by atoms with Crippen molar-refractivity contribution in [3.05, 3.63) is 29.0 Å². The first kappa shape index (κ1) is 14.1. The lowest BCUT2D eigenvalue weighted by atomic mass is 10.0. The van der Waals surface area contributed by atoms with E-state index < -0.39 is 5.82 Å². The van der Waals surface area contributed by atoms with E-state index in [0.717, 1.165) is 19.4 Å². The molecule has 1 aliphatic heterocycles. The molecule has 1 unspecified atom stereocenters. The molecule has 1 fully saturated rings. The Hall–Kier alpha value is -1.29. The van der Waals surface area contributed by atoms with Gasteiger partial charge in [-0.2, -0.15) is 0 Å². The second-order valence-electron chi connectivity index (χ2n) is 4.80. The zero-order chi connectivity index (χ0) is 13.8. The summed E-state index contributed by atoms with van der Waals surface area (Å²) in [4.78, 5) is 13.9. The standard InChI is InChI=1S/C14H17ClFNO2/c1-10-4-2-3-7-17(10)14(18)9-19-11-5-6-13(16)12(15)8-11/h5-6,8,10H,2-4,7,9H2,1H3. The van der Waals surface area contributed by atoms with Gasteiger partial charge in [-0.1, -0.05) is 11.6 Å². The smallest absolute Gasteiger partial charge is 0.260 e. The molecule has 0 N–H and O–H groups in total. The van der Waals surface area contributed by atoms with Crippen LogP contribution in [0.4, 0.5) is 4.39 Å². The maximum absolute atomic E-state index is 13.0. The van der Waals surface area contributed by atoms with E-state index in [4.69, 9.17) is 16.3 Å². The average Bonchev–Trinajstić information content (AvgIpc) is 2.40. The number of carbonyl (C=O) groups excluding carboxylic acids is 1. The molecule has 0 aromatic heterocycles. The van der Waals surface area contributed by atoms with Gasteiger partial charge in [0.05, 0.1) is 5.02 Å². The quantitative estimate of drug-likeness (QED) is 0.853. The third kappa shape index (κ3) is 3.60. The van der Waals surface area contributed by atoms with Crippen molar-refractivity contribution in [1.29, 1.82) is 0 Å². The number of nitrogens with zero attached hydrogens (tertiary/aromatic N) is 1. The highest BCUT2D eigenvalue weighted by Gasteiger charge is 2.23. The Morgan fingerprint density at radius 2 is 2.32 bits per heavy atom. The van der Waals surface area contributed by atoms with E-state index in [-0.39, 0.29) is 23.6 Å². The van der Waals surface area contributed by atoms with Crippen molar-refractivity contribution in [3.8, 4) is 5.75 Å². The Kier molecular flexibility index (Phi) is 4.64. The van der Waals surface area contributed by atoms with E-state index in [1.165, 1.54) is 24.6 Å². The molecular formula is C14H17ClFNO2. The van der Waals surface area contributed by atoms with Crippen molar-refractivity contribution < 1.29 is 13.9 Å². The number of carbonyl (C=O) groups is 1. The van der Waals surface area contributed by atoms with Gasteiger partial charge in [0.1, 0.15) is 11.6 Å². The summed E-state index contributed by atoms with van der Waals surface area (Å²) in [6.07, 6.45) is 3.24. The van der Waals surface area contributed by atoms with Crippen molar-refractivity contribution in [2.24, 2.45) is 0 Å². The summed E-state index contributed by atoms with van der Waals surface area (Å²) in [5, 5.41) is -0.00344. The van der Waals surface area contributed by atoms with Crippen LogP contribution >= 0.6 is 11.6 Å². The van der Waals surface area contributed by atoms with Gasteiger partial charge in [-0.05, 0) is 38.3 Å². The van der Waals surface area contributed by atoms with Crippen molar-refractivity contribution >= 4 is 17.5 Å². The molecule has 1 aromatic carbocycles. The first-order valence-electron chi connectivity index (χ1n) is 6.45. The lowest BCUT2D eigenvalue weighted by Gasteiger charge is -2.33. The van der Waals surface area contributed by atoms with E-state index in [0.29, 0.717) is 5.75 Å². The Balaban J connectivity index is 1.90.